The lowest BCUT2D eigenvalue weighted by molar-refractivity contribution is -0.119. The molecule has 1 aliphatic heterocycles. The van der Waals surface area contributed by atoms with Crippen molar-refractivity contribution in [3.8, 4) is 0 Å². The Morgan fingerprint density at radius 2 is 1.30 bits per heavy atom. The third kappa shape index (κ3) is 3.48. The Kier molecular flexibility index (Phi) is 4.97. The summed E-state index contributed by atoms with van der Waals surface area (Å²) in [5.41, 5.74) is 1.75. The number of hydrogen-bond acceptors (Lipinski definition) is 3. The molecule has 3 aromatic rings. The molecule has 0 spiro atoms. The quantitative estimate of drug-likeness (QED) is 0.505. The first-order chi connectivity index (χ1) is 13.1. The van der Waals surface area contributed by atoms with E-state index in [0.717, 1.165) is 14.9 Å². The van der Waals surface area contributed by atoms with E-state index in [1.54, 1.807) is 12.1 Å². The van der Waals surface area contributed by atoms with Crippen LogP contribution < -0.4 is 4.90 Å². The highest BCUT2D eigenvalue weighted by atomic mass is 79.9. The maximum atomic E-state index is 13.2. The molecule has 0 aromatic heterocycles. The smallest absolute Gasteiger partial charge is 0.268 e. The summed E-state index contributed by atoms with van der Waals surface area (Å²) in [6.07, 6.45) is 0. The van der Waals surface area contributed by atoms with E-state index in [9.17, 15) is 9.59 Å². The molecule has 0 unspecified atom stereocenters. The zero-order valence-electron chi connectivity index (χ0n) is 14.1. The molecule has 132 valence electrons. The van der Waals surface area contributed by atoms with Crippen molar-refractivity contribution < 1.29 is 9.59 Å². The second-order valence-corrected chi connectivity index (χ2v) is 7.91. The molecule has 0 fully saturated rings. The number of nitrogens with zero attached hydrogens (tertiary/aromatic N) is 1. The Morgan fingerprint density at radius 3 is 1.93 bits per heavy atom. The van der Waals surface area contributed by atoms with E-state index in [4.69, 9.17) is 0 Å². The zero-order chi connectivity index (χ0) is 18.8. The summed E-state index contributed by atoms with van der Waals surface area (Å²) in [6, 6.07) is 26.1. The van der Waals surface area contributed by atoms with Crippen molar-refractivity contribution in [1.82, 2.24) is 0 Å². The van der Waals surface area contributed by atoms with E-state index >= 15 is 0 Å². The minimum absolute atomic E-state index is 0.296. The van der Waals surface area contributed by atoms with E-state index in [1.165, 1.54) is 16.7 Å². The highest BCUT2D eigenvalue weighted by Gasteiger charge is 2.40. The highest BCUT2D eigenvalue weighted by Crippen LogP contribution is 2.41. The van der Waals surface area contributed by atoms with Crippen molar-refractivity contribution in [2.75, 3.05) is 4.90 Å². The standard InChI is InChI=1S/C22H14BrNO2S/c23-16-11-13-17(14-12-16)24-21(25)19(15-7-3-1-4-8-15)20(22(24)26)27-18-9-5-2-6-10-18/h1-14H. The van der Waals surface area contributed by atoms with Crippen LogP contribution in [0.1, 0.15) is 5.56 Å². The topological polar surface area (TPSA) is 37.4 Å². The molecule has 1 aliphatic rings. The fourth-order valence-electron chi connectivity index (χ4n) is 2.89. The molecular weight excluding hydrogens is 422 g/mol. The summed E-state index contributed by atoms with van der Waals surface area (Å²) >= 11 is 4.71. The van der Waals surface area contributed by atoms with Crippen molar-refractivity contribution in [2.24, 2.45) is 0 Å². The van der Waals surface area contributed by atoms with Gasteiger partial charge in [0.05, 0.1) is 16.2 Å². The van der Waals surface area contributed by atoms with Gasteiger partial charge < -0.3 is 0 Å². The molecule has 0 bridgehead atoms. The predicted molar refractivity (Wildman–Crippen MR) is 112 cm³/mol. The monoisotopic (exact) mass is 435 g/mol. The molecule has 3 aromatic carbocycles. The summed E-state index contributed by atoms with van der Waals surface area (Å²) in [4.78, 5) is 29.0. The number of rotatable bonds is 4. The van der Waals surface area contributed by atoms with E-state index in [2.05, 4.69) is 15.9 Å². The van der Waals surface area contributed by atoms with Crippen LogP contribution in [0.2, 0.25) is 0 Å². The van der Waals surface area contributed by atoms with Gasteiger partial charge in [-0.3, -0.25) is 9.59 Å². The van der Waals surface area contributed by atoms with Crippen LogP contribution in [0.4, 0.5) is 5.69 Å². The third-order valence-electron chi connectivity index (χ3n) is 4.15. The second kappa shape index (κ2) is 7.55. The van der Waals surface area contributed by atoms with Gasteiger partial charge in [0.15, 0.2) is 0 Å². The largest absolute Gasteiger partial charge is 0.272 e. The summed E-state index contributed by atoms with van der Waals surface area (Å²) in [6.45, 7) is 0. The molecule has 0 radical (unpaired) electrons. The number of hydrogen-bond donors (Lipinski definition) is 0. The molecule has 1 heterocycles. The van der Waals surface area contributed by atoms with Gasteiger partial charge in [-0.05, 0) is 42.0 Å². The first-order valence-electron chi connectivity index (χ1n) is 8.32. The molecular formula is C22H14BrNO2S. The van der Waals surface area contributed by atoms with Gasteiger partial charge in [0, 0.05) is 9.37 Å². The van der Waals surface area contributed by atoms with Crippen LogP contribution in [0.3, 0.4) is 0 Å². The molecule has 5 heteroatoms. The summed E-state index contributed by atoms with van der Waals surface area (Å²) in [5, 5.41) is 0. The maximum Gasteiger partial charge on any atom is 0.272 e. The molecule has 0 aliphatic carbocycles. The van der Waals surface area contributed by atoms with Crippen molar-refractivity contribution in [2.45, 2.75) is 4.90 Å². The van der Waals surface area contributed by atoms with Crippen LogP contribution in [0.25, 0.3) is 5.57 Å². The van der Waals surface area contributed by atoms with Crippen molar-refractivity contribution in [3.05, 3.63) is 99.9 Å². The summed E-state index contributed by atoms with van der Waals surface area (Å²) in [7, 11) is 0. The number of benzene rings is 3. The lowest BCUT2D eigenvalue weighted by atomic mass is 10.1. The van der Waals surface area contributed by atoms with Crippen molar-refractivity contribution in [1.29, 1.82) is 0 Å². The molecule has 27 heavy (non-hydrogen) atoms. The SMILES string of the molecule is O=C1C(Sc2ccccc2)=C(c2ccccc2)C(=O)N1c1ccc(Br)cc1. The number of amides is 2. The number of halogens is 1. The molecule has 2 amide bonds. The Balaban J connectivity index is 1.81. The first-order valence-corrected chi connectivity index (χ1v) is 9.93. The van der Waals surface area contributed by atoms with Gasteiger partial charge in [-0.2, -0.15) is 0 Å². The summed E-state index contributed by atoms with van der Waals surface area (Å²) < 4.78 is 0.889. The van der Waals surface area contributed by atoms with Crippen LogP contribution in [-0.4, -0.2) is 11.8 Å². The molecule has 4 rings (SSSR count). The van der Waals surface area contributed by atoms with E-state index in [0.29, 0.717) is 16.2 Å². The number of anilines is 1. The van der Waals surface area contributed by atoms with Gasteiger partial charge in [0.1, 0.15) is 0 Å². The normalized spacial score (nSPS) is 14.2. The van der Waals surface area contributed by atoms with Crippen LogP contribution in [0, 0.1) is 0 Å². The number of imide groups is 1. The van der Waals surface area contributed by atoms with Gasteiger partial charge >= 0.3 is 0 Å². The average molecular weight is 436 g/mol. The maximum absolute atomic E-state index is 13.2. The van der Waals surface area contributed by atoms with Crippen LogP contribution in [0.15, 0.2) is 99.2 Å². The molecule has 3 nitrogen and oxygen atoms in total. The molecule has 0 atom stereocenters. The molecule has 0 saturated heterocycles. The first kappa shape index (κ1) is 17.8. The number of thioether (sulfide) groups is 1. The van der Waals surface area contributed by atoms with Gasteiger partial charge in [-0.25, -0.2) is 4.90 Å². The number of carbonyl (C=O) groups excluding carboxylic acids is 2. The lowest BCUT2D eigenvalue weighted by Gasteiger charge is -2.15. The van der Waals surface area contributed by atoms with Crippen LogP contribution in [0.5, 0.6) is 0 Å². The average Bonchev–Trinajstić information content (AvgIpc) is 2.94. The fourth-order valence-corrected chi connectivity index (χ4v) is 4.17. The Labute approximate surface area is 169 Å². The molecule has 0 N–H and O–H groups in total. The van der Waals surface area contributed by atoms with E-state index in [-0.39, 0.29) is 11.8 Å². The number of carbonyl (C=O) groups is 2. The van der Waals surface area contributed by atoms with Crippen molar-refractivity contribution in [3.63, 3.8) is 0 Å². The van der Waals surface area contributed by atoms with E-state index < -0.39 is 0 Å². The minimum Gasteiger partial charge on any atom is -0.268 e. The highest BCUT2D eigenvalue weighted by molar-refractivity contribution is 9.10. The fraction of sp³-hybridized carbons (Fsp3) is 0. The zero-order valence-corrected chi connectivity index (χ0v) is 16.5. The Morgan fingerprint density at radius 1 is 0.704 bits per heavy atom. The second-order valence-electron chi connectivity index (χ2n) is 5.91. The predicted octanol–water partition coefficient (Wildman–Crippen LogP) is 5.53. The summed E-state index contributed by atoms with van der Waals surface area (Å²) in [5.74, 6) is -0.595. The molecule has 0 saturated carbocycles. The Bertz CT molecular complexity index is 1030. The third-order valence-corrected chi connectivity index (χ3v) is 5.77. The lowest BCUT2D eigenvalue weighted by Crippen LogP contribution is -2.31. The minimum atomic E-state index is -0.299. The van der Waals surface area contributed by atoms with Crippen molar-refractivity contribution >= 4 is 50.8 Å². The van der Waals surface area contributed by atoms with Crippen LogP contribution in [-0.2, 0) is 9.59 Å². The van der Waals surface area contributed by atoms with Gasteiger partial charge in [0.25, 0.3) is 11.8 Å². The van der Waals surface area contributed by atoms with Gasteiger partial charge in [0.2, 0.25) is 0 Å². The van der Waals surface area contributed by atoms with E-state index in [1.807, 2.05) is 72.8 Å². The Hall–Kier alpha value is -2.63. The van der Waals surface area contributed by atoms with Gasteiger partial charge in [-0.1, -0.05) is 76.2 Å². The van der Waals surface area contributed by atoms with Gasteiger partial charge in [-0.15, -0.1) is 0 Å². The van der Waals surface area contributed by atoms with Crippen LogP contribution >= 0.6 is 27.7 Å².